The molecule has 0 radical (unpaired) electrons. The average molecular weight is 343 g/mol. The van der Waals surface area contributed by atoms with Crippen LogP contribution in [-0.4, -0.2) is 58.6 Å². The van der Waals surface area contributed by atoms with E-state index in [9.17, 15) is 4.79 Å². The number of rotatable bonds is 6. The molecule has 134 valence electrons. The van der Waals surface area contributed by atoms with E-state index < -0.39 is 0 Å². The molecule has 3 rings (SSSR count). The van der Waals surface area contributed by atoms with Gasteiger partial charge in [0.15, 0.2) is 0 Å². The Morgan fingerprint density at radius 2 is 2.20 bits per heavy atom. The lowest BCUT2D eigenvalue weighted by Gasteiger charge is -2.22. The van der Waals surface area contributed by atoms with Crippen LogP contribution in [0.4, 0.5) is 0 Å². The van der Waals surface area contributed by atoms with Gasteiger partial charge in [-0.05, 0) is 32.4 Å². The Morgan fingerprint density at radius 3 is 2.92 bits per heavy atom. The van der Waals surface area contributed by atoms with Crippen molar-refractivity contribution in [3.8, 4) is 17.0 Å². The first-order chi connectivity index (χ1) is 12.2. The van der Waals surface area contributed by atoms with Gasteiger partial charge in [0.05, 0.1) is 25.4 Å². The van der Waals surface area contributed by atoms with Crippen molar-refractivity contribution in [1.82, 2.24) is 25.2 Å². The number of hydrogen-bond acceptors (Lipinski definition) is 5. The molecule has 7 heteroatoms. The van der Waals surface area contributed by atoms with Crippen molar-refractivity contribution in [1.29, 1.82) is 0 Å². The minimum atomic E-state index is -0.144. The number of ether oxygens (including phenoxy) is 1. The number of benzene rings is 1. The SMILES string of the molecule is CCN(CC)C(=O)[C@@H]1C[C@@H](n2cc(-c3cccc(OC)c3)nn2)CN1. The van der Waals surface area contributed by atoms with Gasteiger partial charge >= 0.3 is 0 Å². The molecule has 1 fully saturated rings. The molecule has 0 aliphatic carbocycles. The molecule has 25 heavy (non-hydrogen) atoms. The van der Waals surface area contributed by atoms with Gasteiger partial charge in [-0.2, -0.15) is 0 Å². The quantitative estimate of drug-likeness (QED) is 0.865. The van der Waals surface area contributed by atoms with Crippen LogP contribution in [0.1, 0.15) is 26.3 Å². The maximum Gasteiger partial charge on any atom is 0.239 e. The standard InChI is InChI=1S/C18H25N5O2/c1-4-22(5-2)18(24)16-10-14(11-19-16)23-12-17(20-21-23)13-7-6-8-15(9-13)25-3/h6-9,12,14,16,19H,4-5,10-11H2,1-3H3/t14-,16+/m1/s1. The molecular weight excluding hydrogens is 318 g/mol. The third kappa shape index (κ3) is 3.66. The Morgan fingerprint density at radius 1 is 1.40 bits per heavy atom. The van der Waals surface area contributed by atoms with Crippen molar-refractivity contribution in [2.45, 2.75) is 32.4 Å². The van der Waals surface area contributed by atoms with Gasteiger partial charge < -0.3 is 15.0 Å². The van der Waals surface area contributed by atoms with Crippen molar-refractivity contribution in [3.05, 3.63) is 30.5 Å². The lowest BCUT2D eigenvalue weighted by Crippen LogP contribution is -2.43. The van der Waals surface area contributed by atoms with E-state index in [-0.39, 0.29) is 18.0 Å². The summed E-state index contributed by atoms with van der Waals surface area (Å²) < 4.78 is 7.12. The number of methoxy groups -OCH3 is 1. The zero-order valence-corrected chi connectivity index (χ0v) is 15.0. The highest BCUT2D eigenvalue weighted by molar-refractivity contribution is 5.82. The van der Waals surface area contributed by atoms with Crippen LogP contribution in [0, 0.1) is 0 Å². The molecule has 1 amide bonds. The van der Waals surface area contributed by atoms with Crippen molar-refractivity contribution < 1.29 is 9.53 Å². The van der Waals surface area contributed by atoms with Crippen molar-refractivity contribution >= 4 is 5.91 Å². The van der Waals surface area contributed by atoms with E-state index in [4.69, 9.17) is 4.74 Å². The Bertz CT molecular complexity index is 726. The van der Waals surface area contributed by atoms with Crippen LogP contribution in [0.25, 0.3) is 11.3 Å². The summed E-state index contributed by atoms with van der Waals surface area (Å²) in [6.07, 6.45) is 2.67. The highest BCUT2D eigenvalue weighted by Gasteiger charge is 2.33. The van der Waals surface area contributed by atoms with Gasteiger partial charge in [0, 0.05) is 25.2 Å². The molecule has 1 aromatic carbocycles. The van der Waals surface area contributed by atoms with Crippen molar-refractivity contribution in [3.63, 3.8) is 0 Å². The molecule has 0 unspecified atom stereocenters. The number of carbonyl (C=O) groups is 1. The van der Waals surface area contributed by atoms with Crippen molar-refractivity contribution in [2.75, 3.05) is 26.7 Å². The number of nitrogens with zero attached hydrogens (tertiary/aromatic N) is 4. The molecular formula is C18H25N5O2. The summed E-state index contributed by atoms with van der Waals surface area (Å²) in [6, 6.07) is 7.75. The topological polar surface area (TPSA) is 72.3 Å². The molecule has 2 aromatic rings. The normalized spacial score (nSPS) is 19.8. The predicted molar refractivity (Wildman–Crippen MR) is 95.4 cm³/mol. The highest BCUT2D eigenvalue weighted by Crippen LogP contribution is 2.25. The monoisotopic (exact) mass is 343 g/mol. The summed E-state index contributed by atoms with van der Waals surface area (Å²) in [5.74, 6) is 0.958. The molecule has 1 aliphatic rings. The van der Waals surface area contributed by atoms with E-state index in [1.807, 2.05) is 53.9 Å². The van der Waals surface area contributed by atoms with Gasteiger partial charge in [-0.15, -0.1) is 5.10 Å². The Hall–Kier alpha value is -2.41. The summed E-state index contributed by atoms with van der Waals surface area (Å²) in [7, 11) is 1.65. The first-order valence-electron chi connectivity index (χ1n) is 8.74. The zero-order valence-electron chi connectivity index (χ0n) is 15.0. The van der Waals surface area contributed by atoms with E-state index in [1.54, 1.807) is 7.11 Å². The van der Waals surface area contributed by atoms with E-state index in [0.29, 0.717) is 0 Å². The second kappa shape index (κ2) is 7.65. The molecule has 1 saturated heterocycles. The highest BCUT2D eigenvalue weighted by atomic mass is 16.5. The van der Waals surface area contributed by atoms with Gasteiger partial charge in [-0.1, -0.05) is 17.3 Å². The third-order valence-electron chi connectivity index (χ3n) is 4.73. The van der Waals surface area contributed by atoms with E-state index in [0.717, 1.165) is 43.1 Å². The number of aromatic nitrogens is 3. The summed E-state index contributed by atoms with van der Waals surface area (Å²) in [5.41, 5.74) is 1.77. The second-order valence-electron chi connectivity index (χ2n) is 6.18. The zero-order chi connectivity index (χ0) is 17.8. The maximum atomic E-state index is 12.5. The molecule has 2 atom stereocenters. The number of likely N-dealkylation sites (N-methyl/N-ethyl adjacent to an activating group) is 1. The first-order valence-corrected chi connectivity index (χ1v) is 8.74. The number of nitrogens with one attached hydrogen (secondary N) is 1. The van der Waals surface area contributed by atoms with Gasteiger partial charge in [0.1, 0.15) is 11.4 Å². The minimum absolute atomic E-state index is 0.136. The fourth-order valence-corrected chi connectivity index (χ4v) is 3.23. The van der Waals surface area contributed by atoms with Gasteiger partial charge in [0.2, 0.25) is 5.91 Å². The summed E-state index contributed by atoms with van der Waals surface area (Å²) in [6.45, 7) is 6.21. The largest absolute Gasteiger partial charge is 0.497 e. The molecule has 7 nitrogen and oxygen atoms in total. The van der Waals surface area contributed by atoms with Crippen LogP contribution in [0.3, 0.4) is 0 Å². The van der Waals surface area contributed by atoms with Crippen LogP contribution in [0.15, 0.2) is 30.5 Å². The van der Waals surface area contributed by atoms with E-state index in [2.05, 4.69) is 15.6 Å². The average Bonchev–Trinajstić information content (AvgIpc) is 3.32. The van der Waals surface area contributed by atoms with Crippen LogP contribution in [0.2, 0.25) is 0 Å². The van der Waals surface area contributed by atoms with Crippen LogP contribution in [-0.2, 0) is 4.79 Å². The molecule has 1 aromatic heterocycles. The Balaban J connectivity index is 1.70. The summed E-state index contributed by atoms with van der Waals surface area (Å²) >= 11 is 0. The fourth-order valence-electron chi connectivity index (χ4n) is 3.23. The van der Waals surface area contributed by atoms with Crippen molar-refractivity contribution in [2.24, 2.45) is 0 Å². The smallest absolute Gasteiger partial charge is 0.239 e. The molecule has 1 N–H and O–H groups in total. The second-order valence-corrected chi connectivity index (χ2v) is 6.18. The molecule has 0 bridgehead atoms. The Labute approximate surface area is 148 Å². The minimum Gasteiger partial charge on any atom is -0.497 e. The van der Waals surface area contributed by atoms with Gasteiger partial charge in [0.25, 0.3) is 0 Å². The lowest BCUT2D eigenvalue weighted by molar-refractivity contribution is -0.132. The lowest BCUT2D eigenvalue weighted by atomic mass is 10.1. The number of amides is 1. The van der Waals surface area contributed by atoms with Gasteiger partial charge in [-0.3, -0.25) is 4.79 Å². The fraction of sp³-hybridized carbons (Fsp3) is 0.500. The van der Waals surface area contributed by atoms with E-state index in [1.165, 1.54) is 0 Å². The molecule has 0 saturated carbocycles. The van der Waals surface area contributed by atoms with Gasteiger partial charge in [-0.25, -0.2) is 4.68 Å². The van der Waals surface area contributed by atoms with Crippen LogP contribution >= 0.6 is 0 Å². The van der Waals surface area contributed by atoms with Crippen LogP contribution < -0.4 is 10.1 Å². The molecule has 2 heterocycles. The number of carbonyl (C=O) groups excluding carboxylic acids is 1. The first kappa shape index (κ1) is 17.4. The number of hydrogen-bond donors (Lipinski definition) is 1. The molecule has 1 aliphatic heterocycles. The molecule has 0 spiro atoms. The summed E-state index contributed by atoms with van der Waals surface area (Å²) in [5, 5.41) is 11.9. The van der Waals surface area contributed by atoms with E-state index >= 15 is 0 Å². The summed E-state index contributed by atoms with van der Waals surface area (Å²) in [4.78, 5) is 14.4. The van der Waals surface area contributed by atoms with Crippen LogP contribution in [0.5, 0.6) is 5.75 Å². The third-order valence-corrected chi connectivity index (χ3v) is 4.73. The predicted octanol–water partition coefficient (Wildman–Crippen LogP) is 1.73. The Kier molecular flexibility index (Phi) is 5.33. The maximum absolute atomic E-state index is 12.5.